The predicted molar refractivity (Wildman–Crippen MR) is 113 cm³/mol. The van der Waals surface area contributed by atoms with Crippen molar-refractivity contribution in [3.63, 3.8) is 0 Å². The summed E-state index contributed by atoms with van der Waals surface area (Å²) in [5, 5.41) is 12.1. The molecular weight excluding hydrogens is 420 g/mol. The minimum Gasteiger partial charge on any atom is -0.481 e. The Bertz CT molecular complexity index is 1100. The smallest absolute Gasteiger partial charge is 0.310 e. The van der Waals surface area contributed by atoms with Crippen molar-refractivity contribution >= 4 is 27.6 Å². The van der Waals surface area contributed by atoms with Gasteiger partial charge in [0, 0.05) is 12.2 Å². The SMILES string of the molecule is O=C(O)[C@@H]1[C@H](C(=O)Nc2ccc(S(=O)(=O)NCCc3ccccc3)cc2)[C@H]2C=C[C@@H]1O2. The number of fused-ring (bicyclic) bond motifs is 2. The molecule has 1 fully saturated rings. The van der Waals surface area contributed by atoms with Gasteiger partial charge in [0.05, 0.1) is 23.0 Å². The van der Waals surface area contributed by atoms with Crippen LogP contribution in [0.15, 0.2) is 71.6 Å². The number of amides is 1. The Balaban J connectivity index is 1.37. The van der Waals surface area contributed by atoms with E-state index in [1.54, 1.807) is 12.2 Å². The Morgan fingerprint density at radius 3 is 2.23 bits per heavy atom. The lowest BCUT2D eigenvalue weighted by molar-refractivity contribution is -0.145. The molecule has 2 heterocycles. The average Bonchev–Trinajstić information content (AvgIpc) is 3.36. The summed E-state index contributed by atoms with van der Waals surface area (Å²) < 4.78 is 33.0. The number of rotatable bonds is 8. The summed E-state index contributed by atoms with van der Waals surface area (Å²) in [7, 11) is -3.69. The van der Waals surface area contributed by atoms with E-state index in [1.807, 2.05) is 30.3 Å². The van der Waals surface area contributed by atoms with E-state index in [1.165, 1.54) is 24.3 Å². The highest BCUT2D eigenvalue weighted by atomic mass is 32.2. The molecule has 0 aromatic heterocycles. The third-order valence-electron chi connectivity index (χ3n) is 5.47. The second-order valence-corrected chi connectivity index (χ2v) is 9.25. The van der Waals surface area contributed by atoms with Gasteiger partial charge in [0.2, 0.25) is 15.9 Å². The van der Waals surface area contributed by atoms with Crippen molar-refractivity contribution in [1.29, 1.82) is 0 Å². The summed E-state index contributed by atoms with van der Waals surface area (Å²) in [6.45, 7) is 0.263. The maximum atomic E-state index is 12.7. The van der Waals surface area contributed by atoms with E-state index in [-0.39, 0.29) is 11.4 Å². The van der Waals surface area contributed by atoms with Crippen LogP contribution < -0.4 is 10.0 Å². The molecule has 9 heteroatoms. The second kappa shape index (κ2) is 8.62. The van der Waals surface area contributed by atoms with Crippen molar-refractivity contribution < 1.29 is 27.9 Å². The fourth-order valence-electron chi connectivity index (χ4n) is 3.92. The molecule has 0 aliphatic carbocycles. The summed E-state index contributed by atoms with van der Waals surface area (Å²) in [5.41, 5.74) is 1.41. The number of benzene rings is 2. The highest BCUT2D eigenvalue weighted by Crippen LogP contribution is 2.39. The minimum absolute atomic E-state index is 0.0770. The minimum atomic E-state index is -3.69. The maximum absolute atomic E-state index is 12.7. The molecule has 0 radical (unpaired) electrons. The highest BCUT2D eigenvalue weighted by Gasteiger charge is 2.53. The largest absolute Gasteiger partial charge is 0.481 e. The van der Waals surface area contributed by atoms with Crippen molar-refractivity contribution in [2.45, 2.75) is 23.5 Å². The number of carbonyl (C=O) groups is 2. The molecule has 0 saturated carbocycles. The number of carbonyl (C=O) groups excluding carboxylic acids is 1. The van der Waals surface area contributed by atoms with Gasteiger partial charge in [-0.05, 0) is 36.2 Å². The standard InChI is InChI=1S/C22H22N2O6S/c25-21(19-17-10-11-18(30-17)20(19)22(26)27)24-15-6-8-16(9-7-15)31(28,29)23-13-12-14-4-2-1-3-5-14/h1-11,17-20,23H,12-13H2,(H,24,25)(H,26,27)/t17-,18+,19-,20+/m1/s1. The van der Waals surface area contributed by atoms with E-state index < -0.39 is 45.9 Å². The van der Waals surface area contributed by atoms with Crippen LogP contribution in [0, 0.1) is 11.8 Å². The molecule has 1 saturated heterocycles. The summed E-state index contributed by atoms with van der Waals surface area (Å²) in [6.07, 6.45) is 2.76. The monoisotopic (exact) mass is 442 g/mol. The molecule has 2 bridgehead atoms. The molecule has 8 nitrogen and oxygen atoms in total. The third kappa shape index (κ3) is 4.53. The molecule has 0 spiro atoms. The zero-order valence-electron chi connectivity index (χ0n) is 16.5. The molecule has 2 aliphatic heterocycles. The molecule has 162 valence electrons. The first kappa shape index (κ1) is 21.2. The molecule has 1 amide bonds. The molecule has 2 aromatic rings. The van der Waals surface area contributed by atoms with Gasteiger partial charge in [-0.15, -0.1) is 0 Å². The van der Waals surface area contributed by atoms with Crippen LogP contribution in [-0.2, 0) is 30.8 Å². The van der Waals surface area contributed by atoms with Gasteiger partial charge in [0.25, 0.3) is 0 Å². The molecule has 4 rings (SSSR count). The lowest BCUT2D eigenvalue weighted by atomic mass is 9.82. The quantitative estimate of drug-likeness (QED) is 0.536. The van der Waals surface area contributed by atoms with Crippen molar-refractivity contribution in [2.24, 2.45) is 11.8 Å². The Morgan fingerprint density at radius 1 is 0.935 bits per heavy atom. The molecule has 31 heavy (non-hydrogen) atoms. The summed E-state index contributed by atoms with van der Waals surface area (Å²) in [5.74, 6) is -3.33. The number of nitrogens with one attached hydrogen (secondary N) is 2. The van der Waals surface area contributed by atoms with Gasteiger partial charge in [0.15, 0.2) is 0 Å². The van der Waals surface area contributed by atoms with E-state index in [2.05, 4.69) is 10.0 Å². The molecule has 3 N–H and O–H groups in total. The van der Waals surface area contributed by atoms with Crippen molar-refractivity contribution in [3.8, 4) is 0 Å². The molecule has 0 unspecified atom stereocenters. The number of ether oxygens (including phenoxy) is 1. The van der Waals surface area contributed by atoms with Crippen LogP contribution >= 0.6 is 0 Å². The number of hydrogen-bond acceptors (Lipinski definition) is 5. The van der Waals surface area contributed by atoms with Gasteiger partial charge in [-0.2, -0.15) is 0 Å². The summed E-state index contributed by atoms with van der Waals surface area (Å²) >= 11 is 0. The Hall–Kier alpha value is -3.01. The number of carboxylic acid groups (broad SMARTS) is 1. The van der Waals surface area contributed by atoms with Gasteiger partial charge >= 0.3 is 5.97 Å². The lowest BCUT2D eigenvalue weighted by Crippen LogP contribution is -2.39. The first-order chi connectivity index (χ1) is 14.8. The predicted octanol–water partition coefficient (Wildman–Crippen LogP) is 1.80. The Kier molecular flexibility index (Phi) is 5.90. The van der Waals surface area contributed by atoms with Crippen LogP contribution in [0.2, 0.25) is 0 Å². The summed E-state index contributed by atoms with van der Waals surface area (Å²) in [4.78, 5) is 24.3. The Morgan fingerprint density at radius 2 is 1.58 bits per heavy atom. The van der Waals surface area contributed by atoms with Crippen LogP contribution in [0.4, 0.5) is 5.69 Å². The third-order valence-corrected chi connectivity index (χ3v) is 6.95. The molecular formula is C22H22N2O6S. The van der Waals surface area contributed by atoms with E-state index in [0.717, 1.165) is 5.56 Å². The van der Waals surface area contributed by atoms with Gasteiger partial charge in [0.1, 0.15) is 5.92 Å². The van der Waals surface area contributed by atoms with Crippen molar-refractivity contribution in [3.05, 3.63) is 72.3 Å². The van der Waals surface area contributed by atoms with Crippen LogP contribution in [0.1, 0.15) is 5.56 Å². The first-order valence-corrected chi connectivity index (χ1v) is 11.3. The van der Waals surface area contributed by atoms with Crippen molar-refractivity contribution in [1.82, 2.24) is 4.72 Å². The van der Waals surface area contributed by atoms with Gasteiger partial charge in [-0.25, -0.2) is 13.1 Å². The van der Waals surface area contributed by atoms with Crippen LogP contribution in [-0.4, -0.2) is 44.2 Å². The average molecular weight is 442 g/mol. The highest BCUT2D eigenvalue weighted by molar-refractivity contribution is 7.89. The fourth-order valence-corrected chi connectivity index (χ4v) is 4.95. The zero-order chi connectivity index (χ0) is 22.0. The number of sulfonamides is 1. The first-order valence-electron chi connectivity index (χ1n) is 9.86. The normalized spacial score (nSPS) is 24.3. The van der Waals surface area contributed by atoms with E-state index in [0.29, 0.717) is 12.1 Å². The number of carboxylic acids is 1. The zero-order valence-corrected chi connectivity index (χ0v) is 17.3. The second-order valence-electron chi connectivity index (χ2n) is 7.49. The molecule has 2 aromatic carbocycles. The van der Waals surface area contributed by atoms with Crippen LogP contribution in [0.5, 0.6) is 0 Å². The van der Waals surface area contributed by atoms with E-state index in [9.17, 15) is 23.1 Å². The number of anilines is 1. The van der Waals surface area contributed by atoms with E-state index in [4.69, 9.17) is 4.74 Å². The van der Waals surface area contributed by atoms with Crippen molar-refractivity contribution in [2.75, 3.05) is 11.9 Å². The lowest BCUT2D eigenvalue weighted by Gasteiger charge is -2.21. The molecule has 2 aliphatic rings. The topological polar surface area (TPSA) is 122 Å². The van der Waals surface area contributed by atoms with Gasteiger partial charge in [-0.3, -0.25) is 9.59 Å². The van der Waals surface area contributed by atoms with Gasteiger partial charge < -0.3 is 15.2 Å². The maximum Gasteiger partial charge on any atom is 0.310 e. The van der Waals surface area contributed by atoms with E-state index >= 15 is 0 Å². The number of hydrogen-bond donors (Lipinski definition) is 3. The fraction of sp³-hybridized carbons (Fsp3) is 0.273. The Labute approximate surface area is 180 Å². The summed E-state index contributed by atoms with van der Waals surface area (Å²) in [6, 6.07) is 15.3. The van der Waals surface area contributed by atoms with Crippen LogP contribution in [0.3, 0.4) is 0 Å². The molecule has 4 atom stereocenters. The number of aliphatic carboxylic acids is 1. The van der Waals surface area contributed by atoms with Crippen LogP contribution in [0.25, 0.3) is 0 Å². The van der Waals surface area contributed by atoms with Gasteiger partial charge in [-0.1, -0.05) is 42.5 Å².